The second kappa shape index (κ2) is 18.1. The molecule has 2 aromatic carbocycles. The molecule has 0 aliphatic heterocycles. The molecule has 0 aromatic heterocycles. The third-order valence-corrected chi connectivity index (χ3v) is 7.99. The van der Waals surface area contributed by atoms with Crippen LogP contribution in [-0.4, -0.2) is 75.8 Å². The van der Waals surface area contributed by atoms with Crippen LogP contribution >= 0.6 is 0 Å². The fourth-order valence-corrected chi connectivity index (χ4v) is 4.90. The molecule has 0 fully saturated rings. The van der Waals surface area contributed by atoms with Crippen LogP contribution in [0, 0.1) is 17.8 Å². The molecule has 0 saturated heterocycles. The fourth-order valence-electron chi connectivity index (χ4n) is 4.90. The van der Waals surface area contributed by atoms with Gasteiger partial charge in [0.2, 0.25) is 17.7 Å². The number of aliphatic hydroxyl groups is 2. The number of benzene rings is 2. The Balaban J connectivity index is 2.17. The van der Waals surface area contributed by atoms with Gasteiger partial charge in [-0.25, -0.2) is 0 Å². The van der Waals surface area contributed by atoms with Crippen LogP contribution in [-0.2, 0) is 27.3 Å². The Morgan fingerprint density at radius 2 is 1.27 bits per heavy atom. The number of carbonyl (C=O) groups is 4. The molecule has 0 aliphatic rings. The van der Waals surface area contributed by atoms with Crippen molar-refractivity contribution < 1.29 is 34.5 Å². The lowest BCUT2D eigenvalue weighted by atomic mass is 9.92. The molecule has 0 radical (unpaired) electrons. The summed E-state index contributed by atoms with van der Waals surface area (Å²) in [7, 11) is 0. The molecular weight excluding hydrogens is 576 g/mol. The van der Waals surface area contributed by atoms with E-state index in [-0.39, 0.29) is 37.8 Å². The Morgan fingerprint density at radius 3 is 1.76 bits per heavy atom. The zero-order valence-corrected chi connectivity index (χ0v) is 27.1. The first-order valence-electron chi connectivity index (χ1n) is 15.5. The van der Waals surface area contributed by atoms with E-state index in [4.69, 9.17) is 0 Å². The molecule has 2 aromatic rings. The SMILES string of the molecule is CC(CC(O)C(Cc1ccccc1)NC(=O)C(C)N(Cc1ccccc1)C(=O)[O-])C(=O)NC(C(=O)NC(CO)C(C)C)C(C)C. The lowest BCUT2D eigenvalue weighted by Crippen LogP contribution is -2.56. The van der Waals surface area contributed by atoms with Gasteiger partial charge in [-0.05, 0) is 42.7 Å². The van der Waals surface area contributed by atoms with Gasteiger partial charge in [0.25, 0.3) is 0 Å². The first-order valence-corrected chi connectivity index (χ1v) is 15.5. The predicted octanol–water partition coefficient (Wildman–Crippen LogP) is 1.61. The molecule has 0 heterocycles. The van der Waals surface area contributed by atoms with Gasteiger partial charge in [0, 0.05) is 12.5 Å². The minimum atomic E-state index is -1.51. The second-order valence-corrected chi connectivity index (χ2v) is 12.3. The van der Waals surface area contributed by atoms with Crippen LogP contribution in [0.1, 0.15) is 59.1 Å². The highest BCUT2D eigenvalue weighted by atomic mass is 16.4. The summed E-state index contributed by atoms with van der Waals surface area (Å²) in [4.78, 5) is 52.4. The topological polar surface area (TPSA) is 171 Å². The number of nitrogens with one attached hydrogen (secondary N) is 3. The maximum atomic E-state index is 13.4. The molecule has 0 spiro atoms. The van der Waals surface area contributed by atoms with Gasteiger partial charge in [-0.2, -0.15) is 0 Å². The molecular formula is C34H49N4O7-. The van der Waals surface area contributed by atoms with Crippen molar-refractivity contribution in [3.8, 4) is 0 Å². The Kier molecular flexibility index (Phi) is 15.0. The lowest BCUT2D eigenvalue weighted by molar-refractivity contribution is -0.268. The van der Waals surface area contributed by atoms with Crippen molar-refractivity contribution in [1.29, 1.82) is 0 Å². The molecule has 11 heteroatoms. The Labute approximate surface area is 266 Å². The summed E-state index contributed by atoms with van der Waals surface area (Å²) in [5.74, 6) is -2.46. The van der Waals surface area contributed by atoms with E-state index in [2.05, 4.69) is 16.0 Å². The standard InChI is InChI=1S/C34H50N4O7/c1-21(2)28(20-39)36-33(43)30(22(3)4)37-31(41)23(5)17-29(40)27(18-25-13-9-7-10-14-25)35-32(42)24(6)38(34(44)45)19-26-15-11-8-12-16-26/h7-16,21-24,27-30,39-40H,17-20H2,1-6H3,(H,35,42)(H,36,43)(H,37,41)(H,44,45)/p-1. The number of rotatable bonds is 17. The van der Waals surface area contributed by atoms with Crippen molar-refractivity contribution in [1.82, 2.24) is 20.9 Å². The highest BCUT2D eigenvalue weighted by Gasteiger charge is 2.32. The fraction of sp³-hybridized carbons (Fsp3) is 0.529. The lowest BCUT2D eigenvalue weighted by Gasteiger charge is -2.33. The molecule has 248 valence electrons. The maximum Gasteiger partial charge on any atom is 0.243 e. The summed E-state index contributed by atoms with van der Waals surface area (Å²) in [6.45, 7) is 10.1. The van der Waals surface area contributed by atoms with Crippen LogP contribution in [0.25, 0.3) is 0 Å². The molecule has 6 unspecified atom stereocenters. The van der Waals surface area contributed by atoms with Crippen LogP contribution < -0.4 is 21.1 Å². The first-order chi connectivity index (χ1) is 21.2. The van der Waals surface area contributed by atoms with Gasteiger partial charge in [0.1, 0.15) is 18.2 Å². The summed E-state index contributed by atoms with van der Waals surface area (Å²) in [6.07, 6.45) is -2.50. The largest absolute Gasteiger partial charge is 0.530 e. The minimum Gasteiger partial charge on any atom is -0.530 e. The Hall–Kier alpha value is -3.96. The summed E-state index contributed by atoms with van der Waals surface area (Å²) in [5, 5.41) is 41.3. The minimum absolute atomic E-state index is 0.00630. The average Bonchev–Trinajstić information content (AvgIpc) is 3.00. The molecule has 0 saturated carbocycles. The van der Waals surface area contributed by atoms with E-state index in [0.29, 0.717) is 5.56 Å². The van der Waals surface area contributed by atoms with Crippen LogP contribution in [0.2, 0.25) is 0 Å². The van der Waals surface area contributed by atoms with E-state index in [9.17, 15) is 34.5 Å². The van der Waals surface area contributed by atoms with Gasteiger partial charge in [-0.1, -0.05) is 95.3 Å². The van der Waals surface area contributed by atoms with E-state index in [1.165, 1.54) is 6.92 Å². The van der Waals surface area contributed by atoms with Gasteiger partial charge >= 0.3 is 0 Å². The number of hydrogen-bond acceptors (Lipinski definition) is 7. The number of nitrogens with zero attached hydrogens (tertiary/aromatic N) is 1. The molecule has 4 amide bonds. The van der Waals surface area contributed by atoms with Crippen molar-refractivity contribution in [3.05, 3.63) is 71.8 Å². The maximum absolute atomic E-state index is 13.4. The molecule has 45 heavy (non-hydrogen) atoms. The normalized spacial score (nSPS) is 15.3. The number of hydrogen-bond donors (Lipinski definition) is 5. The summed E-state index contributed by atoms with van der Waals surface area (Å²) >= 11 is 0. The van der Waals surface area contributed by atoms with Crippen molar-refractivity contribution >= 4 is 23.8 Å². The quantitative estimate of drug-likeness (QED) is 0.178. The van der Waals surface area contributed by atoms with E-state index >= 15 is 0 Å². The van der Waals surface area contributed by atoms with Crippen LogP contribution in [0.5, 0.6) is 0 Å². The van der Waals surface area contributed by atoms with Gasteiger partial charge in [0.15, 0.2) is 0 Å². The molecule has 0 bridgehead atoms. The molecule has 2 rings (SSSR count). The third kappa shape index (κ3) is 11.8. The van der Waals surface area contributed by atoms with Crippen molar-refractivity contribution in [2.24, 2.45) is 17.8 Å². The van der Waals surface area contributed by atoms with E-state index in [1.807, 2.05) is 44.2 Å². The number of carboxylic acid groups (broad SMARTS) is 1. The van der Waals surface area contributed by atoms with Crippen LogP contribution in [0.4, 0.5) is 4.79 Å². The molecule has 11 nitrogen and oxygen atoms in total. The van der Waals surface area contributed by atoms with Crippen LogP contribution in [0.3, 0.4) is 0 Å². The number of aliphatic hydroxyl groups excluding tert-OH is 2. The summed E-state index contributed by atoms with van der Waals surface area (Å²) in [5.41, 5.74) is 1.51. The van der Waals surface area contributed by atoms with Gasteiger partial charge in [0.05, 0.1) is 24.8 Å². The van der Waals surface area contributed by atoms with E-state index in [1.54, 1.807) is 51.1 Å². The molecule has 5 N–H and O–H groups in total. The summed E-state index contributed by atoms with van der Waals surface area (Å²) < 4.78 is 0. The predicted molar refractivity (Wildman–Crippen MR) is 169 cm³/mol. The summed E-state index contributed by atoms with van der Waals surface area (Å²) in [6, 6.07) is 14.7. The zero-order valence-electron chi connectivity index (χ0n) is 27.1. The van der Waals surface area contributed by atoms with Gasteiger partial charge < -0.3 is 41.0 Å². The average molecular weight is 626 g/mol. The smallest absolute Gasteiger partial charge is 0.243 e. The van der Waals surface area contributed by atoms with Crippen molar-refractivity contribution in [3.63, 3.8) is 0 Å². The van der Waals surface area contributed by atoms with Crippen molar-refractivity contribution in [2.75, 3.05) is 6.61 Å². The Morgan fingerprint density at radius 1 is 0.733 bits per heavy atom. The van der Waals surface area contributed by atoms with Gasteiger partial charge in [-0.3, -0.25) is 14.4 Å². The number of carbonyl (C=O) groups excluding carboxylic acids is 4. The van der Waals surface area contributed by atoms with Crippen LogP contribution in [0.15, 0.2) is 60.7 Å². The van der Waals surface area contributed by atoms with E-state index < -0.39 is 60.0 Å². The highest BCUT2D eigenvalue weighted by Crippen LogP contribution is 2.17. The molecule has 0 aliphatic carbocycles. The third-order valence-electron chi connectivity index (χ3n) is 7.99. The molecule has 6 atom stereocenters. The van der Waals surface area contributed by atoms with Gasteiger partial charge in [-0.15, -0.1) is 0 Å². The highest BCUT2D eigenvalue weighted by molar-refractivity contribution is 5.89. The monoisotopic (exact) mass is 625 g/mol. The zero-order chi connectivity index (χ0) is 33.7. The second-order valence-electron chi connectivity index (χ2n) is 12.3. The van der Waals surface area contributed by atoms with Crippen molar-refractivity contribution in [2.45, 2.75) is 91.2 Å². The first kappa shape index (κ1) is 37.2. The number of amides is 4. The van der Waals surface area contributed by atoms with E-state index in [0.717, 1.165) is 10.5 Å². The Bertz CT molecular complexity index is 1230.